The van der Waals surface area contributed by atoms with E-state index in [9.17, 15) is 5.11 Å². The van der Waals surface area contributed by atoms with Gasteiger partial charge < -0.3 is 15.3 Å². The van der Waals surface area contributed by atoms with Gasteiger partial charge in [-0.2, -0.15) is 9.61 Å². The van der Waals surface area contributed by atoms with E-state index in [1.807, 2.05) is 19.1 Å². The molecule has 0 saturated carbocycles. The van der Waals surface area contributed by atoms with Gasteiger partial charge in [0.25, 0.3) is 0 Å². The van der Waals surface area contributed by atoms with Gasteiger partial charge >= 0.3 is 0 Å². The summed E-state index contributed by atoms with van der Waals surface area (Å²) in [6.07, 6.45) is 3.86. The molecule has 0 spiro atoms. The van der Waals surface area contributed by atoms with E-state index in [2.05, 4.69) is 20.3 Å². The van der Waals surface area contributed by atoms with Crippen molar-refractivity contribution < 1.29 is 5.11 Å². The highest BCUT2D eigenvalue weighted by Crippen LogP contribution is 2.12. The molecule has 2 aromatic rings. The molecule has 2 N–H and O–H groups in total. The van der Waals surface area contributed by atoms with Crippen LogP contribution >= 0.6 is 0 Å². The zero-order chi connectivity index (χ0) is 13.9. The second-order valence-electron chi connectivity index (χ2n) is 5.43. The zero-order valence-corrected chi connectivity index (χ0v) is 11.8. The monoisotopic (exact) mass is 275 g/mol. The van der Waals surface area contributed by atoms with Crippen molar-refractivity contribution in [3.63, 3.8) is 0 Å². The Hall–Kier alpha value is -1.66. The first-order chi connectivity index (χ1) is 9.72. The van der Waals surface area contributed by atoms with Gasteiger partial charge in [-0.3, -0.25) is 0 Å². The van der Waals surface area contributed by atoms with Gasteiger partial charge in [0.05, 0.1) is 12.3 Å². The first-order valence-electron chi connectivity index (χ1n) is 7.18. The van der Waals surface area contributed by atoms with Crippen LogP contribution in [0.4, 0.5) is 5.82 Å². The van der Waals surface area contributed by atoms with Crippen LogP contribution < -0.4 is 5.32 Å². The highest BCUT2D eigenvalue weighted by molar-refractivity contribution is 5.48. The molecule has 1 atom stereocenters. The maximum Gasteiger partial charge on any atom is 0.157 e. The summed E-state index contributed by atoms with van der Waals surface area (Å²) < 4.78 is 1.76. The van der Waals surface area contributed by atoms with Crippen LogP contribution in [-0.4, -0.2) is 56.9 Å². The highest BCUT2D eigenvalue weighted by Gasteiger charge is 2.16. The standard InChI is InChI=1S/C14H21N5O/c1-11-8-14(19-13(17-11)4-5-16-19)15-9-12(20)10-18-6-2-3-7-18/h4-5,8,12,15,20H,2-3,6-7,9-10H2,1H3. The van der Waals surface area contributed by atoms with Gasteiger partial charge in [0.15, 0.2) is 5.65 Å². The molecule has 0 radical (unpaired) electrons. The Balaban J connectivity index is 1.62. The molecule has 6 nitrogen and oxygen atoms in total. The van der Waals surface area contributed by atoms with E-state index in [4.69, 9.17) is 0 Å². The van der Waals surface area contributed by atoms with Crippen LogP contribution in [0.15, 0.2) is 18.3 Å². The van der Waals surface area contributed by atoms with E-state index in [1.165, 1.54) is 12.8 Å². The van der Waals surface area contributed by atoms with E-state index >= 15 is 0 Å². The molecule has 3 heterocycles. The number of nitrogens with zero attached hydrogens (tertiary/aromatic N) is 4. The van der Waals surface area contributed by atoms with Crippen LogP contribution in [0.5, 0.6) is 0 Å². The van der Waals surface area contributed by atoms with Crippen LogP contribution in [0, 0.1) is 6.92 Å². The number of aliphatic hydroxyl groups excluding tert-OH is 1. The Morgan fingerprint density at radius 2 is 2.20 bits per heavy atom. The number of nitrogens with one attached hydrogen (secondary N) is 1. The number of aromatic nitrogens is 3. The molecule has 20 heavy (non-hydrogen) atoms. The average molecular weight is 275 g/mol. The molecular weight excluding hydrogens is 254 g/mol. The molecule has 0 amide bonds. The Morgan fingerprint density at radius 1 is 1.40 bits per heavy atom. The lowest BCUT2D eigenvalue weighted by molar-refractivity contribution is 0.135. The third kappa shape index (κ3) is 2.91. The SMILES string of the molecule is Cc1cc(NCC(O)CN2CCCC2)n2nccc2n1. The Morgan fingerprint density at radius 3 is 3.00 bits per heavy atom. The van der Waals surface area contributed by atoms with Crippen molar-refractivity contribution in [1.82, 2.24) is 19.5 Å². The number of hydrogen-bond donors (Lipinski definition) is 2. The van der Waals surface area contributed by atoms with Gasteiger partial charge in [0, 0.05) is 30.9 Å². The van der Waals surface area contributed by atoms with Gasteiger partial charge in [0.2, 0.25) is 0 Å². The number of aryl methyl sites for hydroxylation is 1. The van der Waals surface area contributed by atoms with Crippen molar-refractivity contribution in [1.29, 1.82) is 0 Å². The lowest BCUT2D eigenvalue weighted by atomic mass is 10.3. The molecule has 1 aliphatic rings. The molecule has 1 aliphatic heterocycles. The molecule has 0 aliphatic carbocycles. The molecule has 6 heteroatoms. The lowest BCUT2D eigenvalue weighted by Crippen LogP contribution is -2.34. The summed E-state index contributed by atoms with van der Waals surface area (Å²) >= 11 is 0. The number of rotatable bonds is 5. The quantitative estimate of drug-likeness (QED) is 0.849. The summed E-state index contributed by atoms with van der Waals surface area (Å²) in [5, 5.41) is 17.6. The van der Waals surface area contributed by atoms with Gasteiger partial charge in [0.1, 0.15) is 5.82 Å². The summed E-state index contributed by atoms with van der Waals surface area (Å²) in [4.78, 5) is 6.71. The maximum absolute atomic E-state index is 10.1. The third-order valence-corrected chi connectivity index (χ3v) is 3.67. The zero-order valence-electron chi connectivity index (χ0n) is 11.8. The first kappa shape index (κ1) is 13.3. The number of β-amino-alcohol motifs (C(OH)–C–C–N with tert-alkyl or cyclic N) is 1. The van der Waals surface area contributed by atoms with Crippen LogP contribution in [0.25, 0.3) is 5.65 Å². The molecule has 2 aromatic heterocycles. The average Bonchev–Trinajstić information content (AvgIpc) is 3.06. The van der Waals surface area contributed by atoms with Crippen LogP contribution in [-0.2, 0) is 0 Å². The Kier molecular flexibility index (Phi) is 3.84. The number of anilines is 1. The van der Waals surface area contributed by atoms with Crippen molar-refractivity contribution in [2.75, 3.05) is 31.5 Å². The third-order valence-electron chi connectivity index (χ3n) is 3.67. The van der Waals surface area contributed by atoms with Crippen LogP contribution in [0.1, 0.15) is 18.5 Å². The highest BCUT2D eigenvalue weighted by atomic mass is 16.3. The predicted octanol–water partition coefficient (Wildman–Crippen LogP) is 0.906. The second-order valence-corrected chi connectivity index (χ2v) is 5.43. The minimum atomic E-state index is -0.368. The molecule has 0 aromatic carbocycles. The Labute approximate surface area is 118 Å². The molecule has 3 rings (SSSR count). The number of hydrogen-bond acceptors (Lipinski definition) is 5. The smallest absolute Gasteiger partial charge is 0.157 e. The molecule has 0 bridgehead atoms. The molecule has 108 valence electrons. The van der Waals surface area contributed by atoms with E-state index in [-0.39, 0.29) is 6.10 Å². The molecule has 1 fully saturated rings. The fourth-order valence-electron chi connectivity index (χ4n) is 2.71. The number of likely N-dealkylation sites (tertiary alicyclic amines) is 1. The minimum Gasteiger partial charge on any atom is -0.390 e. The van der Waals surface area contributed by atoms with E-state index < -0.39 is 0 Å². The number of fused-ring (bicyclic) bond motifs is 1. The maximum atomic E-state index is 10.1. The summed E-state index contributed by atoms with van der Waals surface area (Å²) in [5.74, 6) is 0.873. The summed E-state index contributed by atoms with van der Waals surface area (Å²) in [6, 6.07) is 3.82. The van der Waals surface area contributed by atoms with Crippen LogP contribution in [0.3, 0.4) is 0 Å². The minimum absolute atomic E-state index is 0.368. The fourth-order valence-corrected chi connectivity index (χ4v) is 2.71. The molecule has 1 unspecified atom stereocenters. The van der Waals surface area contributed by atoms with E-state index in [0.717, 1.165) is 36.8 Å². The lowest BCUT2D eigenvalue weighted by Gasteiger charge is -2.20. The van der Waals surface area contributed by atoms with E-state index in [1.54, 1.807) is 10.7 Å². The normalized spacial score (nSPS) is 17.7. The van der Waals surface area contributed by atoms with Gasteiger partial charge in [-0.05, 0) is 32.9 Å². The predicted molar refractivity (Wildman–Crippen MR) is 77.9 cm³/mol. The van der Waals surface area contributed by atoms with Crippen molar-refractivity contribution in [3.05, 3.63) is 24.0 Å². The van der Waals surface area contributed by atoms with E-state index in [0.29, 0.717) is 6.54 Å². The second kappa shape index (κ2) is 5.76. The summed E-state index contributed by atoms with van der Waals surface area (Å²) in [5.41, 5.74) is 1.76. The molecule has 1 saturated heterocycles. The number of aliphatic hydroxyl groups is 1. The first-order valence-corrected chi connectivity index (χ1v) is 7.18. The van der Waals surface area contributed by atoms with Crippen molar-refractivity contribution >= 4 is 11.5 Å². The summed E-state index contributed by atoms with van der Waals surface area (Å²) in [6.45, 7) is 5.43. The van der Waals surface area contributed by atoms with Gasteiger partial charge in [-0.25, -0.2) is 4.98 Å². The van der Waals surface area contributed by atoms with Gasteiger partial charge in [-0.1, -0.05) is 0 Å². The fraction of sp³-hybridized carbons (Fsp3) is 0.571. The summed E-state index contributed by atoms with van der Waals surface area (Å²) in [7, 11) is 0. The van der Waals surface area contributed by atoms with Gasteiger partial charge in [-0.15, -0.1) is 0 Å². The van der Waals surface area contributed by atoms with Crippen molar-refractivity contribution in [3.8, 4) is 0 Å². The largest absolute Gasteiger partial charge is 0.390 e. The van der Waals surface area contributed by atoms with Crippen molar-refractivity contribution in [2.45, 2.75) is 25.9 Å². The van der Waals surface area contributed by atoms with Crippen molar-refractivity contribution in [2.24, 2.45) is 0 Å². The molecular formula is C14H21N5O. The topological polar surface area (TPSA) is 65.7 Å². The Bertz CT molecular complexity index is 576. The van der Waals surface area contributed by atoms with Crippen LogP contribution in [0.2, 0.25) is 0 Å².